The summed E-state index contributed by atoms with van der Waals surface area (Å²) in [6.45, 7) is 11.3. The molecule has 0 atom stereocenters. The summed E-state index contributed by atoms with van der Waals surface area (Å²) in [5.41, 5.74) is 3.79. The van der Waals surface area contributed by atoms with Crippen LogP contribution in [0, 0.1) is 13.8 Å². The van der Waals surface area contributed by atoms with Gasteiger partial charge in [-0.1, -0.05) is 38.1 Å². The Labute approximate surface area is 174 Å². The molecule has 2 aromatic carbocycles. The van der Waals surface area contributed by atoms with Crippen LogP contribution in [0.3, 0.4) is 0 Å². The summed E-state index contributed by atoms with van der Waals surface area (Å²) in [6.07, 6.45) is 0. The van der Waals surface area contributed by atoms with Crippen LogP contribution < -0.4 is 10.2 Å². The van der Waals surface area contributed by atoms with Gasteiger partial charge in [-0.05, 0) is 62.3 Å². The molecule has 0 amide bonds. The molecule has 0 fully saturated rings. The van der Waals surface area contributed by atoms with E-state index in [1.165, 1.54) is 4.31 Å². The van der Waals surface area contributed by atoms with E-state index in [0.29, 0.717) is 30.4 Å². The molecule has 2 rings (SSSR count). The number of sulfonamides is 1. The van der Waals surface area contributed by atoms with Crippen LogP contribution >= 0.6 is 12.2 Å². The van der Waals surface area contributed by atoms with Crippen molar-refractivity contribution in [3.8, 4) is 0 Å². The summed E-state index contributed by atoms with van der Waals surface area (Å²) < 4.78 is 27.2. The van der Waals surface area contributed by atoms with Gasteiger partial charge < -0.3 is 10.2 Å². The summed E-state index contributed by atoms with van der Waals surface area (Å²) >= 11 is 5.65. The van der Waals surface area contributed by atoms with Crippen molar-refractivity contribution in [2.24, 2.45) is 0 Å². The zero-order valence-corrected chi connectivity index (χ0v) is 18.8. The van der Waals surface area contributed by atoms with E-state index in [2.05, 4.69) is 5.32 Å². The Balaban J connectivity index is 2.36. The Morgan fingerprint density at radius 1 is 0.964 bits per heavy atom. The van der Waals surface area contributed by atoms with Crippen LogP contribution in [0.5, 0.6) is 0 Å². The molecule has 0 unspecified atom stereocenters. The lowest BCUT2D eigenvalue weighted by atomic mass is 10.2. The maximum atomic E-state index is 12.9. The fourth-order valence-electron chi connectivity index (χ4n) is 3.08. The normalized spacial score (nSPS) is 11.5. The van der Waals surface area contributed by atoms with Crippen LogP contribution in [-0.4, -0.2) is 37.5 Å². The van der Waals surface area contributed by atoms with E-state index in [-0.39, 0.29) is 4.90 Å². The molecule has 0 aliphatic carbocycles. The van der Waals surface area contributed by atoms with E-state index >= 15 is 0 Å². The molecule has 2 aromatic rings. The van der Waals surface area contributed by atoms with Crippen LogP contribution in [0.15, 0.2) is 47.4 Å². The number of rotatable bonds is 7. The average Bonchev–Trinajstić information content (AvgIpc) is 2.66. The summed E-state index contributed by atoms with van der Waals surface area (Å²) in [5.74, 6) is 0. The van der Waals surface area contributed by atoms with Gasteiger partial charge in [0.15, 0.2) is 5.11 Å². The number of nitrogens with zero attached hydrogens (tertiary/aromatic N) is 2. The van der Waals surface area contributed by atoms with Crippen LogP contribution in [0.25, 0.3) is 0 Å². The Morgan fingerprint density at radius 2 is 1.61 bits per heavy atom. The van der Waals surface area contributed by atoms with Crippen LogP contribution in [0.4, 0.5) is 11.4 Å². The highest BCUT2D eigenvalue weighted by molar-refractivity contribution is 7.89. The standard InChI is InChI=1S/C21H29N3O2S2/c1-6-23(7-2)28(25,26)18-14-13-16(4)19(15-18)22-21(27)24(8-3)20-12-10-9-11-17(20)5/h9-15H,6-8H2,1-5H3,(H,22,27). The van der Waals surface area contributed by atoms with E-state index in [1.54, 1.807) is 12.1 Å². The largest absolute Gasteiger partial charge is 0.332 e. The van der Waals surface area contributed by atoms with Gasteiger partial charge in [-0.25, -0.2) is 8.42 Å². The van der Waals surface area contributed by atoms with Crippen molar-refractivity contribution in [3.63, 3.8) is 0 Å². The topological polar surface area (TPSA) is 52.7 Å². The number of benzene rings is 2. The molecule has 28 heavy (non-hydrogen) atoms. The van der Waals surface area contributed by atoms with Gasteiger partial charge in [0.05, 0.1) is 4.90 Å². The van der Waals surface area contributed by atoms with Crippen LogP contribution in [0.2, 0.25) is 0 Å². The van der Waals surface area contributed by atoms with Crippen molar-refractivity contribution in [2.75, 3.05) is 29.9 Å². The molecular weight excluding hydrogens is 390 g/mol. The van der Waals surface area contributed by atoms with Crippen molar-refractivity contribution in [1.82, 2.24) is 4.31 Å². The Hall–Kier alpha value is -1.96. The first-order valence-corrected chi connectivity index (χ1v) is 11.4. The molecule has 1 N–H and O–H groups in total. The summed E-state index contributed by atoms with van der Waals surface area (Å²) in [7, 11) is -3.52. The van der Waals surface area contributed by atoms with Gasteiger partial charge in [0.25, 0.3) is 0 Å². The van der Waals surface area contributed by atoms with Gasteiger partial charge >= 0.3 is 0 Å². The quantitative estimate of drug-likeness (QED) is 0.667. The molecule has 0 aliphatic rings. The molecule has 0 radical (unpaired) electrons. The van der Waals surface area contributed by atoms with Crippen molar-refractivity contribution in [2.45, 2.75) is 39.5 Å². The maximum Gasteiger partial charge on any atom is 0.243 e. The molecule has 0 bridgehead atoms. The first-order valence-electron chi connectivity index (χ1n) is 9.51. The van der Waals surface area contributed by atoms with Gasteiger partial charge in [0.2, 0.25) is 10.0 Å². The fraction of sp³-hybridized carbons (Fsp3) is 0.381. The number of anilines is 2. The van der Waals surface area contributed by atoms with E-state index in [1.807, 2.05) is 69.9 Å². The monoisotopic (exact) mass is 419 g/mol. The number of thiocarbonyl (C=S) groups is 1. The molecule has 152 valence electrons. The second-order valence-corrected chi connectivity index (χ2v) is 8.85. The predicted molar refractivity (Wildman–Crippen MR) is 122 cm³/mol. The van der Waals surface area contributed by atoms with Gasteiger partial charge in [-0.3, -0.25) is 0 Å². The summed E-state index contributed by atoms with van der Waals surface area (Å²) in [4.78, 5) is 2.28. The third-order valence-corrected chi connectivity index (χ3v) is 7.13. The van der Waals surface area contributed by atoms with Gasteiger partial charge in [-0.2, -0.15) is 4.31 Å². The average molecular weight is 420 g/mol. The zero-order chi connectivity index (χ0) is 20.9. The van der Waals surface area contributed by atoms with Crippen LogP contribution in [0.1, 0.15) is 31.9 Å². The molecule has 0 saturated heterocycles. The van der Waals surface area contributed by atoms with E-state index in [4.69, 9.17) is 12.2 Å². The van der Waals surface area contributed by atoms with E-state index in [9.17, 15) is 8.42 Å². The van der Waals surface area contributed by atoms with Crippen molar-refractivity contribution >= 4 is 38.7 Å². The Bertz CT molecular complexity index is 938. The number of nitrogens with one attached hydrogen (secondary N) is 1. The minimum Gasteiger partial charge on any atom is -0.332 e. The van der Waals surface area contributed by atoms with Crippen molar-refractivity contribution in [3.05, 3.63) is 53.6 Å². The third-order valence-electron chi connectivity index (χ3n) is 4.76. The Kier molecular flexibility index (Phi) is 7.57. The smallest absolute Gasteiger partial charge is 0.243 e. The highest BCUT2D eigenvalue weighted by Gasteiger charge is 2.22. The van der Waals surface area contributed by atoms with E-state index < -0.39 is 10.0 Å². The molecule has 0 heterocycles. The molecule has 0 spiro atoms. The number of hydrogen-bond acceptors (Lipinski definition) is 3. The SMILES string of the molecule is CCN(C(=S)Nc1cc(S(=O)(=O)N(CC)CC)ccc1C)c1ccccc1C. The fourth-order valence-corrected chi connectivity index (χ4v) is 4.90. The zero-order valence-electron chi connectivity index (χ0n) is 17.2. The molecular formula is C21H29N3O2S2. The van der Waals surface area contributed by atoms with E-state index in [0.717, 1.165) is 16.8 Å². The Morgan fingerprint density at radius 3 is 2.18 bits per heavy atom. The molecule has 0 saturated carbocycles. The second-order valence-electron chi connectivity index (χ2n) is 6.53. The number of para-hydroxylation sites is 1. The lowest BCUT2D eigenvalue weighted by Crippen LogP contribution is -2.35. The number of aryl methyl sites for hydroxylation is 2. The van der Waals surface area contributed by atoms with Gasteiger partial charge in [-0.15, -0.1) is 0 Å². The highest BCUT2D eigenvalue weighted by Crippen LogP contribution is 2.25. The first-order chi connectivity index (χ1) is 13.3. The molecule has 0 aliphatic heterocycles. The second kappa shape index (κ2) is 9.49. The predicted octanol–water partition coefficient (Wildman–Crippen LogP) is 4.56. The van der Waals surface area contributed by atoms with Crippen molar-refractivity contribution < 1.29 is 8.42 Å². The summed E-state index contributed by atoms with van der Waals surface area (Å²) in [5, 5.41) is 3.79. The van der Waals surface area contributed by atoms with Crippen molar-refractivity contribution in [1.29, 1.82) is 0 Å². The molecule has 7 heteroatoms. The highest BCUT2D eigenvalue weighted by atomic mass is 32.2. The summed E-state index contributed by atoms with van der Waals surface area (Å²) in [6, 6.07) is 13.2. The molecule has 5 nitrogen and oxygen atoms in total. The minimum absolute atomic E-state index is 0.269. The van der Waals surface area contributed by atoms with Gasteiger partial charge in [0.1, 0.15) is 0 Å². The van der Waals surface area contributed by atoms with Crippen LogP contribution in [-0.2, 0) is 10.0 Å². The third kappa shape index (κ3) is 4.71. The lowest BCUT2D eigenvalue weighted by molar-refractivity contribution is 0.445. The molecule has 0 aromatic heterocycles. The van der Waals surface area contributed by atoms with Gasteiger partial charge in [0, 0.05) is 31.0 Å². The maximum absolute atomic E-state index is 12.9. The lowest BCUT2D eigenvalue weighted by Gasteiger charge is -2.27. The minimum atomic E-state index is -3.52. The number of hydrogen-bond donors (Lipinski definition) is 1. The first kappa shape index (κ1) is 22.3.